The summed E-state index contributed by atoms with van der Waals surface area (Å²) in [6.07, 6.45) is 0. The number of hydrogen-bond donors (Lipinski definition) is 1. The first-order valence-corrected chi connectivity index (χ1v) is 7.99. The Kier molecular flexibility index (Phi) is 4.67. The lowest BCUT2D eigenvalue weighted by Gasteiger charge is -2.09. The van der Waals surface area contributed by atoms with E-state index in [0.29, 0.717) is 12.2 Å². The summed E-state index contributed by atoms with van der Waals surface area (Å²) in [6, 6.07) is 19.4. The van der Waals surface area contributed by atoms with Crippen molar-refractivity contribution >= 4 is 0 Å². The number of benzene rings is 2. The average Bonchev–Trinajstić information content (AvgIpc) is 2.61. The van der Waals surface area contributed by atoms with Gasteiger partial charge in [-0.25, -0.2) is 0 Å². The van der Waals surface area contributed by atoms with Crippen LogP contribution in [0.15, 0.2) is 59.4 Å². The van der Waals surface area contributed by atoms with Gasteiger partial charge in [0.15, 0.2) is 0 Å². The molecule has 1 heterocycles. The zero-order valence-electron chi connectivity index (χ0n) is 14.2. The summed E-state index contributed by atoms with van der Waals surface area (Å²) in [5, 5.41) is 9.24. The van der Waals surface area contributed by atoms with Crippen LogP contribution in [0.5, 0.6) is 5.75 Å². The summed E-state index contributed by atoms with van der Waals surface area (Å²) in [4.78, 5) is 14.6. The standard InChI is InChI=1S/C21H18N2O2/c1-14-3-5-16(6-4-14)13-25-18-9-7-17(8-10-18)19-11-15(2)23-21(24)20(19)12-22/h3-11H,13H2,1-2H3,(H,23,24). The van der Waals surface area contributed by atoms with Gasteiger partial charge in [-0.15, -0.1) is 0 Å². The Balaban J connectivity index is 1.80. The maximum atomic E-state index is 11.9. The van der Waals surface area contributed by atoms with Gasteiger partial charge in [-0.3, -0.25) is 4.79 Å². The third-order valence-corrected chi connectivity index (χ3v) is 3.97. The Morgan fingerprint density at radius 3 is 2.36 bits per heavy atom. The normalized spacial score (nSPS) is 10.3. The maximum Gasteiger partial charge on any atom is 0.266 e. The van der Waals surface area contributed by atoms with Crippen LogP contribution < -0.4 is 10.3 Å². The van der Waals surface area contributed by atoms with Gasteiger partial charge in [0, 0.05) is 11.3 Å². The molecule has 0 unspecified atom stereocenters. The zero-order valence-corrected chi connectivity index (χ0v) is 14.2. The van der Waals surface area contributed by atoms with Gasteiger partial charge in [-0.05, 0) is 43.2 Å². The Morgan fingerprint density at radius 1 is 1.04 bits per heavy atom. The van der Waals surface area contributed by atoms with Crippen LogP contribution in [0.25, 0.3) is 11.1 Å². The molecular formula is C21H18N2O2. The Bertz CT molecular complexity index is 978. The van der Waals surface area contributed by atoms with Crippen LogP contribution in [0.1, 0.15) is 22.4 Å². The SMILES string of the molecule is Cc1ccc(COc2ccc(-c3cc(C)[nH]c(=O)c3C#N)cc2)cc1. The third kappa shape index (κ3) is 3.78. The molecule has 1 aromatic heterocycles. The molecule has 0 saturated heterocycles. The van der Waals surface area contributed by atoms with E-state index in [9.17, 15) is 10.1 Å². The van der Waals surface area contributed by atoms with Crippen molar-refractivity contribution in [3.8, 4) is 22.9 Å². The molecule has 0 amide bonds. The van der Waals surface area contributed by atoms with E-state index in [0.717, 1.165) is 22.6 Å². The van der Waals surface area contributed by atoms with Gasteiger partial charge in [-0.2, -0.15) is 5.26 Å². The minimum Gasteiger partial charge on any atom is -0.489 e. The first-order chi connectivity index (χ1) is 12.1. The van der Waals surface area contributed by atoms with Crippen molar-refractivity contribution in [3.05, 3.63) is 87.3 Å². The van der Waals surface area contributed by atoms with E-state index >= 15 is 0 Å². The Hall–Kier alpha value is -3.32. The topological polar surface area (TPSA) is 65.9 Å². The number of hydrogen-bond acceptors (Lipinski definition) is 3. The van der Waals surface area contributed by atoms with Crippen LogP contribution in [-0.4, -0.2) is 4.98 Å². The summed E-state index contributed by atoms with van der Waals surface area (Å²) >= 11 is 0. The fourth-order valence-electron chi connectivity index (χ4n) is 2.61. The highest BCUT2D eigenvalue weighted by molar-refractivity contribution is 5.70. The predicted octanol–water partition coefficient (Wildman–Crippen LogP) is 4.11. The van der Waals surface area contributed by atoms with Crippen LogP contribution in [0, 0.1) is 25.2 Å². The highest BCUT2D eigenvalue weighted by Gasteiger charge is 2.10. The van der Waals surface area contributed by atoms with E-state index < -0.39 is 0 Å². The molecule has 0 saturated carbocycles. The number of nitriles is 1. The highest BCUT2D eigenvalue weighted by atomic mass is 16.5. The third-order valence-electron chi connectivity index (χ3n) is 3.97. The van der Waals surface area contributed by atoms with Crippen LogP contribution in [0.4, 0.5) is 0 Å². The van der Waals surface area contributed by atoms with E-state index in [1.807, 2.05) is 48.5 Å². The van der Waals surface area contributed by atoms with Crippen molar-refractivity contribution in [2.24, 2.45) is 0 Å². The number of pyridine rings is 1. The molecule has 0 aliphatic rings. The summed E-state index contributed by atoms with van der Waals surface area (Å²) in [6.45, 7) is 4.34. The molecule has 25 heavy (non-hydrogen) atoms. The molecule has 0 aliphatic heterocycles. The van der Waals surface area contributed by atoms with Crippen LogP contribution >= 0.6 is 0 Å². The first kappa shape index (κ1) is 16.5. The second-order valence-electron chi connectivity index (χ2n) is 5.98. The van der Waals surface area contributed by atoms with Gasteiger partial charge >= 0.3 is 0 Å². The lowest BCUT2D eigenvalue weighted by Crippen LogP contribution is -2.12. The minimum atomic E-state index is -0.364. The zero-order chi connectivity index (χ0) is 17.8. The number of aromatic amines is 1. The van der Waals surface area contributed by atoms with Crippen LogP contribution in [-0.2, 0) is 6.61 Å². The molecule has 0 bridgehead atoms. The molecule has 124 valence electrons. The number of H-pyrrole nitrogens is 1. The lowest BCUT2D eigenvalue weighted by molar-refractivity contribution is 0.306. The number of nitrogens with zero attached hydrogens (tertiary/aromatic N) is 1. The van der Waals surface area contributed by atoms with E-state index in [2.05, 4.69) is 24.0 Å². The quantitative estimate of drug-likeness (QED) is 0.783. The van der Waals surface area contributed by atoms with Gasteiger partial charge < -0.3 is 9.72 Å². The predicted molar refractivity (Wildman–Crippen MR) is 97.5 cm³/mol. The number of aromatic nitrogens is 1. The first-order valence-electron chi connectivity index (χ1n) is 7.99. The second-order valence-corrected chi connectivity index (χ2v) is 5.98. The molecule has 1 N–H and O–H groups in total. The molecule has 3 rings (SSSR count). The molecule has 4 heteroatoms. The van der Waals surface area contributed by atoms with Gasteiger partial charge in [0.05, 0.1) is 0 Å². The van der Waals surface area contributed by atoms with Gasteiger partial charge in [0.25, 0.3) is 5.56 Å². The van der Waals surface area contributed by atoms with Gasteiger partial charge in [0.2, 0.25) is 0 Å². The van der Waals surface area contributed by atoms with Crippen LogP contribution in [0.3, 0.4) is 0 Å². The molecule has 4 nitrogen and oxygen atoms in total. The smallest absolute Gasteiger partial charge is 0.266 e. The Labute approximate surface area is 146 Å². The van der Waals surface area contributed by atoms with E-state index in [1.165, 1.54) is 5.56 Å². The van der Waals surface area contributed by atoms with Crippen molar-refractivity contribution in [2.75, 3.05) is 0 Å². The van der Waals surface area contributed by atoms with E-state index in [4.69, 9.17) is 4.74 Å². The highest BCUT2D eigenvalue weighted by Crippen LogP contribution is 2.24. The molecule has 0 fully saturated rings. The number of aryl methyl sites for hydroxylation is 2. The largest absolute Gasteiger partial charge is 0.489 e. The number of nitrogens with one attached hydrogen (secondary N) is 1. The molecule has 3 aromatic rings. The molecule has 0 radical (unpaired) electrons. The van der Waals surface area contributed by atoms with Crippen molar-refractivity contribution in [2.45, 2.75) is 20.5 Å². The van der Waals surface area contributed by atoms with Crippen molar-refractivity contribution in [1.29, 1.82) is 5.26 Å². The number of ether oxygens (including phenoxy) is 1. The van der Waals surface area contributed by atoms with Crippen molar-refractivity contribution in [3.63, 3.8) is 0 Å². The molecular weight excluding hydrogens is 312 g/mol. The van der Waals surface area contributed by atoms with E-state index in [1.54, 1.807) is 6.92 Å². The maximum absolute atomic E-state index is 11.9. The monoisotopic (exact) mass is 330 g/mol. The van der Waals surface area contributed by atoms with Crippen molar-refractivity contribution < 1.29 is 4.74 Å². The fourth-order valence-corrected chi connectivity index (χ4v) is 2.61. The molecule has 2 aromatic carbocycles. The minimum absolute atomic E-state index is 0.124. The molecule has 0 atom stereocenters. The molecule has 0 spiro atoms. The summed E-state index contributed by atoms with van der Waals surface area (Å²) in [7, 11) is 0. The molecule has 0 aliphatic carbocycles. The lowest BCUT2D eigenvalue weighted by atomic mass is 10.0. The van der Waals surface area contributed by atoms with Crippen LogP contribution in [0.2, 0.25) is 0 Å². The second kappa shape index (κ2) is 7.06. The Morgan fingerprint density at radius 2 is 1.72 bits per heavy atom. The summed E-state index contributed by atoms with van der Waals surface area (Å²) in [5.41, 5.74) is 4.25. The fraction of sp³-hybridized carbons (Fsp3) is 0.143. The van der Waals surface area contributed by atoms with E-state index in [-0.39, 0.29) is 11.1 Å². The van der Waals surface area contributed by atoms with Gasteiger partial charge in [-0.1, -0.05) is 42.0 Å². The number of rotatable bonds is 4. The van der Waals surface area contributed by atoms with Crippen molar-refractivity contribution in [1.82, 2.24) is 4.98 Å². The summed E-state index contributed by atoms with van der Waals surface area (Å²) in [5.74, 6) is 0.740. The summed E-state index contributed by atoms with van der Waals surface area (Å²) < 4.78 is 5.79. The van der Waals surface area contributed by atoms with Gasteiger partial charge in [0.1, 0.15) is 24.0 Å². The average molecular weight is 330 g/mol.